The lowest BCUT2D eigenvalue weighted by Gasteiger charge is -2.28. The summed E-state index contributed by atoms with van der Waals surface area (Å²) in [7, 11) is 0. The van der Waals surface area contributed by atoms with Crippen molar-refractivity contribution in [1.29, 1.82) is 0 Å². The molecule has 0 radical (unpaired) electrons. The van der Waals surface area contributed by atoms with E-state index in [1.165, 1.54) is 16.7 Å². The van der Waals surface area contributed by atoms with Crippen LogP contribution in [0.4, 0.5) is 0 Å². The second kappa shape index (κ2) is 9.48. The molecule has 0 aromatic rings. The minimum Gasteiger partial charge on any atom is -0.480 e. The van der Waals surface area contributed by atoms with E-state index in [-0.39, 0.29) is 6.42 Å². The van der Waals surface area contributed by atoms with Crippen molar-refractivity contribution in [2.24, 2.45) is 11.5 Å². The van der Waals surface area contributed by atoms with Gasteiger partial charge in [0.2, 0.25) is 17.7 Å². The molecule has 1 aliphatic heterocycles. The zero-order valence-corrected chi connectivity index (χ0v) is 14.4. The lowest BCUT2D eigenvalue weighted by Crippen LogP contribution is -2.55. The van der Waals surface area contributed by atoms with Crippen molar-refractivity contribution in [3.8, 4) is 0 Å². The van der Waals surface area contributed by atoms with Gasteiger partial charge in [-0.3, -0.25) is 14.4 Å². The van der Waals surface area contributed by atoms with Crippen LogP contribution in [0.15, 0.2) is 0 Å². The van der Waals surface area contributed by atoms with E-state index in [9.17, 15) is 24.3 Å². The van der Waals surface area contributed by atoms with Gasteiger partial charge in [-0.2, -0.15) is 11.8 Å². The number of amides is 3. The second-order valence-electron chi connectivity index (χ2n) is 5.65. The van der Waals surface area contributed by atoms with E-state index in [0.29, 0.717) is 31.6 Å². The van der Waals surface area contributed by atoms with Crippen molar-refractivity contribution in [2.75, 3.05) is 18.6 Å². The molecule has 136 valence electrons. The lowest BCUT2D eigenvalue weighted by atomic mass is 10.1. The van der Waals surface area contributed by atoms with Crippen LogP contribution >= 0.6 is 11.8 Å². The van der Waals surface area contributed by atoms with Gasteiger partial charge in [-0.05, 0) is 31.3 Å². The lowest BCUT2D eigenvalue weighted by molar-refractivity contribution is -0.149. The summed E-state index contributed by atoms with van der Waals surface area (Å²) >= 11 is 1.50. The summed E-state index contributed by atoms with van der Waals surface area (Å²) in [6, 6.07) is -2.88. The van der Waals surface area contributed by atoms with Crippen LogP contribution < -0.4 is 16.8 Å². The van der Waals surface area contributed by atoms with Crippen LogP contribution in [0, 0.1) is 0 Å². The third kappa shape index (κ3) is 5.68. The number of nitrogens with one attached hydrogen (secondary N) is 1. The van der Waals surface area contributed by atoms with E-state index >= 15 is 0 Å². The summed E-state index contributed by atoms with van der Waals surface area (Å²) in [5.74, 6) is -2.25. The molecule has 0 aromatic heterocycles. The number of nitrogens with two attached hydrogens (primary N) is 2. The third-order valence-electron chi connectivity index (χ3n) is 3.80. The van der Waals surface area contributed by atoms with Crippen molar-refractivity contribution in [2.45, 2.75) is 43.8 Å². The van der Waals surface area contributed by atoms with Crippen molar-refractivity contribution in [1.82, 2.24) is 10.2 Å². The summed E-state index contributed by atoms with van der Waals surface area (Å²) < 4.78 is 0. The maximum atomic E-state index is 12.7. The van der Waals surface area contributed by atoms with Crippen LogP contribution in [0.25, 0.3) is 0 Å². The van der Waals surface area contributed by atoms with Gasteiger partial charge in [0.05, 0.1) is 12.5 Å². The number of carbonyl (C=O) groups excluding carboxylic acids is 3. The molecule has 10 heteroatoms. The summed E-state index contributed by atoms with van der Waals surface area (Å²) in [4.78, 5) is 48.1. The average Bonchev–Trinajstić information content (AvgIpc) is 2.99. The minimum atomic E-state index is -1.14. The number of carboxylic acids is 1. The van der Waals surface area contributed by atoms with Crippen LogP contribution in [-0.2, 0) is 19.2 Å². The Kier molecular flexibility index (Phi) is 7.99. The molecule has 1 rings (SSSR count). The van der Waals surface area contributed by atoms with Gasteiger partial charge in [0.25, 0.3) is 0 Å². The zero-order chi connectivity index (χ0) is 18.3. The van der Waals surface area contributed by atoms with Gasteiger partial charge in [0.15, 0.2) is 0 Å². The van der Waals surface area contributed by atoms with Crippen molar-refractivity contribution in [3.05, 3.63) is 0 Å². The van der Waals surface area contributed by atoms with Gasteiger partial charge in [-0.15, -0.1) is 0 Å². The highest BCUT2D eigenvalue weighted by Gasteiger charge is 2.37. The maximum absolute atomic E-state index is 12.7. The number of likely N-dealkylation sites (tertiary alicyclic amines) is 1. The van der Waals surface area contributed by atoms with Gasteiger partial charge in [0, 0.05) is 6.54 Å². The highest BCUT2D eigenvalue weighted by atomic mass is 32.2. The summed E-state index contributed by atoms with van der Waals surface area (Å²) in [5.41, 5.74) is 10.6. The Morgan fingerprint density at radius 3 is 2.58 bits per heavy atom. The van der Waals surface area contributed by atoms with E-state index < -0.39 is 41.8 Å². The first-order valence-corrected chi connectivity index (χ1v) is 9.03. The molecular weight excluding hydrogens is 336 g/mol. The van der Waals surface area contributed by atoms with E-state index in [4.69, 9.17) is 11.5 Å². The van der Waals surface area contributed by atoms with Crippen LogP contribution in [0.1, 0.15) is 25.7 Å². The molecule has 1 saturated heterocycles. The largest absolute Gasteiger partial charge is 0.480 e. The van der Waals surface area contributed by atoms with E-state index in [2.05, 4.69) is 5.32 Å². The second-order valence-corrected chi connectivity index (χ2v) is 6.63. The smallest absolute Gasteiger partial charge is 0.326 e. The first-order valence-electron chi connectivity index (χ1n) is 7.64. The van der Waals surface area contributed by atoms with E-state index in [1.807, 2.05) is 6.26 Å². The molecule has 0 aromatic carbocycles. The van der Waals surface area contributed by atoms with Crippen molar-refractivity contribution >= 4 is 35.5 Å². The zero-order valence-electron chi connectivity index (χ0n) is 13.6. The summed E-state index contributed by atoms with van der Waals surface area (Å²) in [5, 5.41) is 11.7. The molecule has 0 bridgehead atoms. The van der Waals surface area contributed by atoms with Gasteiger partial charge >= 0.3 is 5.97 Å². The number of hydrogen-bond donors (Lipinski definition) is 4. The Morgan fingerprint density at radius 1 is 1.38 bits per heavy atom. The van der Waals surface area contributed by atoms with Gasteiger partial charge in [0.1, 0.15) is 12.1 Å². The first-order chi connectivity index (χ1) is 11.3. The van der Waals surface area contributed by atoms with E-state index in [1.54, 1.807) is 0 Å². The van der Waals surface area contributed by atoms with Crippen molar-refractivity contribution in [3.63, 3.8) is 0 Å². The topological polar surface area (TPSA) is 156 Å². The molecule has 3 atom stereocenters. The molecule has 0 saturated carbocycles. The molecule has 1 aliphatic rings. The fourth-order valence-electron chi connectivity index (χ4n) is 2.57. The Hall–Kier alpha value is -1.81. The van der Waals surface area contributed by atoms with E-state index in [0.717, 1.165) is 0 Å². The number of carboxylic acid groups (broad SMARTS) is 1. The molecule has 3 amide bonds. The summed E-state index contributed by atoms with van der Waals surface area (Å²) in [6.07, 6.45) is 2.88. The number of carbonyl (C=O) groups is 4. The number of nitrogens with zero attached hydrogens (tertiary/aromatic N) is 1. The number of primary amides is 1. The molecule has 6 N–H and O–H groups in total. The van der Waals surface area contributed by atoms with Crippen LogP contribution in [0.3, 0.4) is 0 Å². The Balaban J connectivity index is 2.80. The number of aliphatic carboxylic acids is 1. The van der Waals surface area contributed by atoms with Gasteiger partial charge < -0.3 is 26.8 Å². The molecule has 3 unspecified atom stereocenters. The molecule has 1 heterocycles. The number of rotatable bonds is 9. The maximum Gasteiger partial charge on any atom is 0.326 e. The molecule has 24 heavy (non-hydrogen) atoms. The number of hydrogen-bond acceptors (Lipinski definition) is 6. The minimum absolute atomic E-state index is 0.323. The van der Waals surface area contributed by atoms with Gasteiger partial charge in [-0.1, -0.05) is 0 Å². The predicted molar refractivity (Wildman–Crippen MR) is 89.1 cm³/mol. The van der Waals surface area contributed by atoms with Crippen molar-refractivity contribution < 1.29 is 24.3 Å². The number of thioether (sulfide) groups is 1. The normalized spacial score (nSPS) is 19.6. The SMILES string of the molecule is CSCCC(NC(=O)C(N)CC(N)=O)C(=O)N1CCCC1C(=O)O. The standard InChI is InChI=1S/C14H24N4O5S/c1-24-6-4-9(17-12(20)8(15)7-11(16)19)13(21)18-5-2-3-10(18)14(22)23/h8-10H,2-7,15H2,1H3,(H2,16,19)(H,17,20)(H,22,23). The monoisotopic (exact) mass is 360 g/mol. The quantitative estimate of drug-likeness (QED) is 0.390. The summed E-state index contributed by atoms with van der Waals surface area (Å²) in [6.45, 7) is 0.342. The predicted octanol–water partition coefficient (Wildman–Crippen LogP) is -1.50. The van der Waals surface area contributed by atoms with Crippen LogP contribution in [0.2, 0.25) is 0 Å². The molecule has 9 nitrogen and oxygen atoms in total. The Morgan fingerprint density at radius 2 is 2.04 bits per heavy atom. The Bertz CT molecular complexity index is 502. The highest BCUT2D eigenvalue weighted by Crippen LogP contribution is 2.19. The van der Waals surface area contributed by atoms with Crippen LogP contribution in [0.5, 0.6) is 0 Å². The fraction of sp³-hybridized carbons (Fsp3) is 0.714. The molecular formula is C14H24N4O5S. The van der Waals surface area contributed by atoms with Gasteiger partial charge in [-0.25, -0.2) is 4.79 Å². The molecule has 0 spiro atoms. The van der Waals surface area contributed by atoms with Crippen LogP contribution in [-0.4, -0.2) is 70.4 Å². The highest BCUT2D eigenvalue weighted by molar-refractivity contribution is 7.98. The Labute approximate surface area is 144 Å². The molecule has 1 fully saturated rings. The first kappa shape index (κ1) is 20.2. The molecule has 0 aliphatic carbocycles. The average molecular weight is 360 g/mol. The third-order valence-corrected chi connectivity index (χ3v) is 4.45. The fourth-order valence-corrected chi connectivity index (χ4v) is 3.04.